The molecule has 17 heavy (non-hydrogen) atoms. The standard InChI is InChI=1S/C14H12O.C2H6/c15-9-14-12-7-3-1-5-10(12)11-6-2-4-8-13(11)14;1-2/h1-8,14-15H,9H2;1-2H3. The van der Waals surface area contributed by atoms with Crippen molar-refractivity contribution in [1.82, 2.24) is 0 Å². The van der Waals surface area contributed by atoms with E-state index in [4.69, 9.17) is 0 Å². The highest BCUT2D eigenvalue weighted by Gasteiger charge is 2.26. The molecule has 3 rings (SSSR count). The molecule has 0 unspecified atom stereocenters. The van der Waals surface area contributed by atoms with Crippen LogP contribution in [-0.2, 0) is 0 Å². The van der Waals surface area contributed by atoms with Gasteiger partial charge < -0.3 is 5.11 Å². The van der Waals surface area contributed by atoms with Crippen LogP contribution in [0.2, 0.25) is 0 Å². The maximum atomic E-state index is 9.46. The molecule has 0 fully saturated rings. The van der Waals surface area contributed by atoms with Crippen molar-refractivity contribution >= 4 is 0 Å². The first-order valence-electron chi connectivity index (χ1n) is 6.21. The first kappa shape index (κ1) is 11.9. The second kappa shape index (κ2) is 5.15. The van der Waals surface area contributed by atoms with Crippen LogP contribution in [0.25, 0.3) is 11.1 Å². The summed E-state index contributed by atoms with van der Waals surface area (Å²) in [7, 11) is 0. The summed E-state index contributed by atoms with van der Waals surface area (Å²) in [5.41, 5.74) is 5.04. The lowest BCUT2D eigenvalue weighted by atomic mass is 9.98. The summed E-state index contributed by atoms with van der Waals surface area (Å²) in [6, 6.07) is 16.6. The molecule has 0 spiro atoms. The quantitative estimate of drug-likeness (QED) is 0.783. The van der Waals surface area contributed by atoms with E-state index in [0.717, 1.165) is 0 Å². The molecule has 0 atom stereocenters. The van der Waals surface area contributed by atoms with Gasteiger partial charge in [-0.05, 0) is 22.3 Å². The molecule has 1 heteroatoms. The van der Waals surface area contributed by atoms with Crippen LogP contribution in [0.5, 0.6) is 0 Å². The van der Waals surface area contributed by atoms with Gasteiger partial charge in [0.1, 0.15) is 0 Å². The molecule has 0 bridgehead atoms. The Kier molecular flexibility index (Phi) is 3.60. The van der Waals surface area contributed by atoms with Crippen LogP contribution in [-0.4, -0.2) is 11.7 Å². The Morgan fingerprint density at radius 2 is 1.24 bits per heavy atom. The van der Waals surface area contributed by atoms with E-state index < -0.39 is 0 Å². The molecule has 88 valence electrons. The van der Waals surface area contributed by atoms with Crippen molar-refractivity contribution in [1.29, 1.82) is 0 Å². The highest BCUT2D eigenvalue weighted by molar-refractivity contribution is 5.78. The Labute approximate surface area is 103 Å². The third kappa shape index (κ3) is 1.87. The van der Waals surface area contributed by atoms with Crippen LogP contribution in [0.15, 0.2) is 48.5 Å². The number of benzene rings is 2. The van der Waals surface area contributed by atoms with Crippen molar-refractivity contribution in [2.24, 2.45) is 0 Å². The van der Waals surface area contributed by atoms with E-state index in [9.17, 15) is 5.11 Å². The van der Waals surface area contributed by atoms with Crippen molar-refractivity contribution in [2.45, 2.75) is 19.8 Å². The molecule has 0 heterocycles. The van der Waals surface area contributed by atoms with Crippen LogP contribution in [0.4, 0.5) is 0 Å². The first-order chi connectivity index (χ1) is 8.42. The van der Waals surface area contributed by atoms with Crippen LogP contribution in [0.1, 0.15) is 30.9 Å². The molecule has 1 aliphatic rings. The van der Waals surface area contributed by atoms with Gasteiger partial charge in [0.15, 0.2) is 0 Å². The van der Waals surface area contributed by atoms with Gasteiger partial charge in [0.2, 0.25) is 0 Å². The van der Waals surface area contributed by atoms with Crippen LogP contribution in [0.3, 0.4) is 0 Å². The Morgan fingerprint density at radius 3 is 1.65 bits per heavy atom. The van der Waals surface area contributed by atoms with Gasteiger partial charge in [-0.3, -0.25) is 0 Å². The predicted octanol–water partition coefficient (Wildman–Crippen LogP) is 3.82. The number of rotatable bonds is 1. The molecule has 1 nitrogen and oxygen atoms in total. The SMILES string of the molecule is CC.OCC1c2ccccc2-c2ccccc21. The summed E-state index contributed by atoms with van der Waals surface area (Å²) in [4.78, 5) is 0. The lowest BCUT2D eigenvalue weighted by molar-refractivity contribution is 0.282. The molecule has 0 amide bonds. The second-order valence-corrected chi connectivity index (χ2v) is 3.91. The zero-order valence-electron chi connectivity index (χ0n) is 10.4. The van der Waals surface area contributed by atoms with Crippen LogP contribution < -0.4 is 0 Å². The summed E-state index contributed by atoms with van der Waals surface area (Å²) < 4.78 is 0. The minimum atomic E-state index is 0.164. The van der Waals surface area contributed by atoms with Gasteiger partial charge in [-0.15, -0.1) is 0 Å². The van der Waals surface area contributed by atoms with Gasteiger partial charge in [-0.2, -0.15) is 0 Å². The molecule has 0 radical (unpaired) electrons. The summed E-state index contributed by atoms with van der Waals surface area (Å²) >= 11 is 0. The predicted molar refractivity (Wildman–Crippen MR) is 72.2 cm³/mol. The zero-order chi connectivity index (χ0) is 12.3. The number of hydrogen-bond donors (Lipinski definition) is 1. The van der Waals surface area contributed by atoms with Crippen LogP contribution in [0, 0.1) is 0 Å². The van der Waals surface area contributed by atoms with E-state index >= 15 is 0 Å². The summed E-state index contributed by atoms with van der Waals surface area (Å²) in [5.74, 6) is 0.164. The third-order valence-electron chi connectivity index (χ3n) is 3.15. The normalized spacial score (nSPS) is 12.4. The van der Waals surface area contributed by atoms with E-state index in [1.165, 1.54) is 22.3 Å². The van der Waals surface area contributed by atoms with Gasteiger partial charge in [-0.1, -0.05) is 62.4 Å². The van der Waals surface area contributed by atoms with Crippen molar-refractivity contribution in [3.05, 3.63) is 59.7 Å². The Hall–Kier alpha value is -1.60. The minimum absolute atomic E-state index is 0.164. The second-order valence-electron chi connectivity index (χ2n) is 3.91. The van der Waals surface area contributed by atoms with E-state index in [2.05, 4.69) is 36.4 Å². The first-order valence-corrected chi connectivity index (χ1v) is 6.21. The maximum absolute atomic E-state index is 9.46. The topological polar surface area (TPSA) is 20.2 Å². The number of aliphatic hydroxyl groups excluding tert-OH is 1. The van der Waals surface area contributed by atoms with Crippen molar-refractivity contribution in [3.8, 4) is 11.1 Å². The molecule has 2 aromatic carbocycles. The number of hydrogen-bond acceptors (Lipinski definition) is 1. The highest BCUT2D eigenvalue weighted by atomic mass is 16.3. The summed E-state index contributed by atoms with van der Waals surface area (Å²) in [5, 5.41) is 9.46. The van der Waals surface area contributed by atoms with E-state index in [1.807, 2.05) is 26.0 Å². The smallest absolute Gasteiger partial charge is 0.0540 e. The van der Waals surface area contributed by atoms with Gasteiger partial charge >= 0.3 is 0 Å². The van der Waals surface area contributed by atoms with Gasteiger partial charge in [0, 0.05) is 5.92 Å². The number of fused-ring (bicyclic) bond motifs is 3. The lowest BCUT2D eigenvalue weighted by Crippen LogP contribution is -2.01. The fraction of sp³-hybridized carbons (Fsp3) is 0.250. The molecule has 2 aromatic rings. The monoisotopic (exact) mass is 226 g/mol. The van der Waals surface area contributed by atoms with Crippen LogP contribution >= 0.6 is 0 Å². The van der Waals surface area contributed by atoms with E-state index in [0.29, 0.717) is 0 Å². The van der Waals surface area contributed by atoms with Gasteiger partial charge in [-0.25, -0.2) is 0 Å². The fourth-order valence-electron chi connectivity index (χ4n) is 2.46. The van der Waals surface area contributed by atoms with Crippen molar-refractivity contribution < 1.29 is 5.11 Å². The zero-order valence-corrected chi connectivity index (χ0v) is 10.4. The minimum Gasteiger partial charge on any atom is -0.395 e. The van der Waals surface area contributed by atoms with Crippen molar-refractivity contribution in [2.75, 3.05) is 6.61 Å². The lowest BCUT2D eigenvalue weighted by Gasteiger charge is -2.08. The van der Waals surface area contributed by atoms with Gasteiger partial charge in [0.25, 0.3) is 0 Å². The molecule has 1 aliphatic carbocycles. The van der Waals surface area contributed by atoms with E-state index in [-0.39, 0.29) is 12.5 Å². The molecule has 0 saturated heterocycles. The summed E-state index contributed by atoms with van der Waals surface area (Å²) in [6.45, 7) is 4.19. The maximum Gasteiger partial charge on any atom is 0.0540 e. The Bertz CT molecular complexity index is 457. The molecular formula is C16H18O. The third-order valence-corrected chi connectivity index (χ3v) is 3.15. The van der Waals surface area contributed by atoms with E-state index in [1.54, 1.807) is 0 Å². The number of aliphatic hydroxyl groups is 1. The Balaban J connectivity index is 0.000000514. The molecule has 1 N–H and O–H groups in total. The average Bonchev–Trinajstić information content (AvgIpc) is 2.75. The average molecular weight is 226 g/mol. The molecular weight excluding hydrogens is 208 g/mol. The molecule has 0 aromatic heterocycles. The molecule has 0 aliphatic heterocycles. The largest absolute Gasteiger partial charge is 0.395 e. The fourth-order valence-corrected chi connectivity index (χ4v) is 2.46. The van der Waals surface area contributed by atoms with Crippen molar-refractivity contribution in [3.63, 3.8) is 0 Å². The highest BCUT2D eigenvalue weighted by Crippen LogP contribution is 2.43. The summed E-state index contributed by atoms with van der Waals surface area (Å²) in [6.07, 6.45) is 0. The molecule has 0 saturated carbocycles. The Morgan fingerprint density at radius 1 is 0.824 bits per heavy atom. The van der Waals surface area contributed by atoms with Gasteiger partial charge in [0.05, 0.1) is 6.61 Å².